The molecule has 2 aliphatic carbocycles. The van der Waals surface area contributed by atoms with Gasteiger partial charge in [-0.2, -0.15) is 0 Å². The highest BCUT2D eigenvalue weighted by molar-refractivity contribution is 5.85. The molecular weight excluding hydrogens is 272 g/mol. The van der Waals surface area contributed by atoms with Gasteiger partial charge < -0.3 is 10.6 Å². The van der Waals surface area contributed by atoms with E-state index in [4.69, 9.17) is 0 Å². The lowest BCUT2D eigenvalue weighted by atomic mass is 9.78. The number of carbonyl (C=O) groups excluding carboxylic acids is 1. The fourth-order valence-corrected chi connectivity index (χ4v) is 3.50. The van der Waals surface area contributed by atoms with Crippen LogP contribution < -0.4 is 10.6 Å². The number of rotatable bonds is 8. The molecule has 0 unspecified atom stereocenters. The van der Waals surface area contributed by atoms with Crippen molar-refractivity contribution in [2.75, 3.05) is 19.6 Å². The molecule has 0 saturated heterocycles. The van der Waals surface area contributed by atoms with Gasteiger partial charge in [-0.25, -0.2) is 0 Å². The van der Waals surface area contributed by atoms with Crippen LogP contribution in [-0.2, 0) is 4.79 Å². The minimum atomic E-state index is 0. The molecule has 0 radical (unpaired) electrons. The highest BCUT2D eigenvalue weighted by Crippen LogP contribution is 2.42. The van der Waals surface area contributed by atoms with Crippen molar-refractivity contribution in [1.29, 1.82) is 0 Å². The zero-order chi connectivity index (χ0) is 13.7. The van der Waals surface area contributed by atoms with E-state index in [1.807, 2.05) is 0 Å². The van der Waals surface area contributed by atoms with E-state index < -0.39 is 0 Å². The van der Waals surface area contributed by atoms with Crippen LogP contribution in [-0.4, -0.2) is 25.5 Å². The Labute approximate surface area is 130 Å². The van der Waals surface area contributed by atoms with Crippen molar-refractivity contribution < 1.29 is 4.79 Å². The lowest BCUT2D eigenvalue weighted by Crippen LogP contribution is -2.41. The summed E-state index contributed by atoms with van der Waals surface area (Å²) < 4.78 is 0. The average molecular weight is 303 g/mol. The van der Waals surface area contributed by atoms with E-state index >= 15 is 0 Å². The Kier molecular flexibility index (Phi) is 7.32. The largest absolute Gasteiger partial charge is 0.354 e. The van der Waals surface area contributed by atoms with Gasteiger partial charge >= 0.3 is 0 Å². The summed E-state index contributed by atoms with van der Waals surface area (Å²) in [5.74, 6) is 1.74. The summed E-state index contributed by atoms with van der Waals surface area (Å²) in [7, 11) is 0. The fraction of sp³-hybridized carbons (Fsp3) is 0.938. The summed E-state index contributed by atoms with van der Waals surface area (Å²) >= 11 is 0. The van der Waals surface area contributed by atoms with Crippen LogP contribution in [0.4, 0.5) is 0 Å². The van der Waals surface area contributed by atoms with Crippen LogP contribution in [0.2, 0.25) is 0 Å². The summed E-state index contributed by atoms with van der Waals surface area (Å²) in [5, 5.41) is 6.43. The van der Waals surface area contributed by atoms with E-state index in [0.717, 1.165) is 24.9 Å². The van der Waals surface area contributed by atoms with Gasteiger partial charge in [0.15, 0.2) is 0 Å². The molecule has 3 nitrogen and oxygen atoms in total. The highest BCUT2D eigenvalue weighted by Gasteiger charge is 2.34. The van der Waals surface area contributed by atoms with Gasteiger partial charge in [0.05, 0.1) is 6.54 Å². The molecule has 2 saturated carbocycles. The quantitative estimate of drug-likeness (QED) is 0.723. The van der Waals surface area contributed by atoms with Crippen LogP contribution in [0.25, 0.3) is 0 Å². The second-order valence-corrected chi connectivity index (χ2v) is 7.16. The Morgan fingerprint density at radius 3 is 2.45 bits per heavy atom. The lowest BCUT2D eigenvalue weighted by molar-refractivity contribution is -0.120. The van der Waals surface area contributed by atoms with E-state index in [9.17, 15) is 4.79 Å². The first-order valence-corrected chi connectivity index (χ1v) is 8.07. The third kappa shape index (κ3) is 6.01. The monoisotopic (exact) mass is 302 g/mol. The Bertz CT molecular complexity index is 297. The Morgan fingerprint density at radius 1 is 1.25 bits per heavy atom. The first kappa shape index (κ1) is 17.8. The van der Waals surface area contributed by atoms with E-state index in [1.54, 1.807) is 0 Å². The third-order valence-electron chi connectivity index (χ3n) is 4.58. The molecular formula is C16H31ClN2O. The molecule has 0 atom stereocenters. The van der Waals surface area contributed by atoms with Crippen LogP contribution in [0.1, 0.15) is 58.8 Å². The number of carbonyl (C=O) groups is 1. The molecule has 2 N–H and O–H groups in total. The summed E-state index contributed by atoms with van der Waals surface area (Å²) in [5.41, 5.74) is 0.389. The lowest BCUT2D eigenvalue weighted by Gasteiger charge is -2.31. The van der Waals surface area contributed by atoms with E-state index in [1.165, 1.54) is 44.9 Å². The molecule has 0 aromatic carbocycles. The molecule has 2 rings (SSSR count). The minimum absolute atomic E-state index is 0. The van der Waals surface area contributed by atoms with Gasteiger partial charge in [0, 0.05) is 6.54 Å². The van der Waals surface area contributed by atoms with Crippen LogP contribution >= 0.6 is 12.4 Å². The van der Waals surface area contributed by atoms with Crippen LogP contribution in [0.5, 0.6) is 0 Å². The second kappa shape index (κ2) is 8.23. The van der Waals surface area contributed by atoms with Crippen molar-refractivity contribution in [2.24, 2.45) is 17.3 Å². The molecule has 0 aromatic rings. The molecule has 0 heterocycles. The van der Waals surface area contributed by atoms with E-state index in [0.29, 0.717) is 12.0 Å². The molecule has 20 heavy (non-hydrogen) atoms. The summed E-state index contributed by atoms with van der Waals surface area (Å²) in [4.78, 5) is 11.9. The summed E-state index contributed by atoms with van der Waals surface area (Å²) in [6.45, 7) is 6.98. The molecule has 0 bridgehead atoms. The maximum absolute atomic E-state index is 11.9. The topological polar surface area (TPSA) is 41.1 Å². The van der Waals surface area contributed by atoms with Crippen molar-refractivity contribution >= 4 is 18.3 Å². The molecule has 1 amide bonds. The third-order valence-corrected chi connectivity index (χ3v) is 4.58. The van der Waals surface area contributed by atoms with Crippen molar-refractivity contribution in [3.8, 4) is 0 Å². The zero-order valence-corrected chi connectivity index (χ0v) is 13.9. The van der Waals surface area contributed by atoms with Gasteiger partial charge in [-0.1, -0.05) is 26.7 Å². The zero-order valence-electron chi connectivity index (χ0n) is 13.0. The molecule has 0 spiro atoms. The number of halogens is 1. The SMILES string of the molecule is CC(C)CC1(CNC(=O)CNCC2CC2)CCCC1.Cl. The normalized spacial score (nSPS) is 20.8. The maximum Gasteiger partial charge on any atom is 0.233 e. The molecule has 4 heteroatoms. The molecule has 0 aliphatic heterocycles. The maximum atomic E-state index is 11.9. The van der Waals surface area contributed by atoms with E-state index in [2.05, 4.69) is 24.5 Å². The van der Waals surface area contributed by atoms with Crippen molar-refractivity contribution in [3.63, 3.8) is 0 Å². The van der Waals surface area contributed by atoms with Crippen molar-refractivity contribution in [3.05, 3.63) is 0 Å². The smallest absolute Gasteiger partial charge is 0.233 e. The highest BCUT2D eigenvalue weighted by atomic mass is 35.5. The number of nitrogens with one attached hydrogen (secondary N) is 2. The van der Waals surface area contributed by atoms with Gasteiger partial charge in [0.25, 0.3) is 0 Å². The van der Waals surface area contributed by atoms with Gasteiger partial charge in [-0.3, -0.25) is 4.79 Å². The van der Waals surface area contributed by atoms with Crippen molar-refractivity contribution in [2.45, 2.75) is 58.8 Å². The van der Waals surface area contributed by atoms with Gasteiger partial charge in [-0.05, 0) is 55.9 Å². The Balaban J connectivity index is 0.00000200. The Hall–Kier alpha value is -0.280. The van der Waals surface area contributed by atoms with Crippen LogP contribution in [0, 0.1) is 17.3 Å². The minimum Gasteiger partial charge on any atom is -0.354 e. The number of hydrogen-bond acceptors (Lipinski definition) is 2. The molecule has 2 fully saturated rings. The van der Waals surface area contributed by atoms with Gasteiger partial charge in [0.2, 0.25) is 5.91 Å². The van der Waals surface area contributed by atoms with E-state index in [-0.39, 0.29) is 18.3 Å². The molecule has 0 aromatic heterocycles. The predicted octanol–water partition coefficient (Wildman–Crippen LogP) is 3.13. The summed E-state index contributed by atoms with van der Waals surface area (Å²) in [6, 6.07) is 0. The number of hydrogen-bond donors (Lipinski definition) is 2. The standard InChI is InChI=1S/C16H30N2O.ClH/c1-13(2)9-16(7-3-4-8-16)12-18-15(19)11-17-10-14-5-6-14;/h13-14,17H,3-12H2,1-2H3,(H,18,19);1H. The van der Waals surface area contributed by atoms with Crippen LogP contribution in [0.3, 0.4) is 0 Å². The fourth-order valence-electron chi connectivity index (χ4n) is 3.50. The van der Waals surface area contributed by atoms with Gasteiger partial charge in [0.1, 0.15) is 0 Å². The molecule has 2 aliphatic rings. The number of amides is 1. The Morgan fingerprint density at radius 2 is 1.90 bits per heavy atom. The second-order valence-electron chi connectivity index (χ2n) is 7.16. The first-order chi connectivity index (χ1) is 9.10. The van der Waals surface area contributed by atoms with Crippen LogP contribution in [0.15, 0.2) is 0 Å². The van der Waals surface area contributed by atoms with Gasteiger partial charge in [-0.15, -0.1) is 12.4 Å². The first-order valence-electron chi connectivity index (χ1n) is 8.07. The van der Waals surface area contributed by atoms with Crippen molar-refractivity contribution in [1.82, 2.24) is 10.6 Å². The molecule has 118 valence electrons. The average Bonchev–Trinajstić information content (AvgIpc) is 3.06. The predicted molar refractivity (Wildman–Crippen MR) is 86.2 cm³/mol. The summed E-state index contributed by atoms with van der Waals surface area (Å²) in [6.07, 6.45) is 9.19.